The van der Waals surface area contributed by atoms with Crippen molar-refractivity contribution in [3.8, 4) is 11.6 Å². The number of rotatable bonds is 9. The van der Waals surface area contributed by atoms with Crippen LogP contribution in [0.4, 0.5) is 0 Å². The topological polar surface area (TPSA) is 77.2 Å². The predicted molar refractivity (Wildman–Crippen MR) is 122 cm³/mol. The van der Waals surface area contributed by atoms with Gasteiger partial charge in [-0.1, -0.05) is 61.4 Å². The maximum atomic E-state index is 11.0. The lowest BCUT2D eigenvalue weighted by atomic mass is 10.1. The quantitative estimate of drug-likeness (QED) is 0.496. The SMILES string of the molecule is CCCCNCCc1ccc(Oc2ccc(C(N)=O)cn2)cc1.Cc1ccccc1. The van der Waals surface area contributed by atoms with Gasteiger partial charge in [0.05, 0.1) is 5.56 Å². The van der Waals surface area contributed by atoms with Crippen molar-refractivity contribution in [2.45, 2.75) is 33.1 Å². The van der Waals surface area contributed by atoms with Gasteiger partial charge in [0.25, 0.3) is 0 Å². The summed E-state index contributed by atoms with van der Waals surface area (Å²) >= 11 is 0. The Kier molecular flexibility index (Phi) is 10.1. The van der Waals surface area contributed by atoms with Gasteiger partial charge in [-0.3, -0.25) is 4.79 Å². The number of unbranched alkanes of at least 4 members (excludes halogenated alkanes) is 1. The summed E-state index contributed by atoms with van der Waals surface area (Å²) in [4.78, 5) is 15.1. The lowest BCUT2D eigenvalue weighted by molar-refractivity contribution is 0.1000. The minimum Gasteiger partial charge on any atom is -0.439 e. The summed E-state index contributed by atoms with van der Waals surface area (Å²) in [5, 5.41) is 3.42. The number of nitrogens with one attached hydrogen (secondary N) is 1. The fourth-order valence-electron chi connectivity index (χ4n) is 2.63. The van der Waals surface area contributed by atoms with E-state index in [9.17, 15) is 4.79 Å². The first kappa shape index (κ1) is 23.1. The second-order valence-corrected chi connectivity index (χ2v) is 7.00. The molecule has 3 aromatic rings. The highest BCUT2D eigenvalue weighted by Crippen LogP contribution is 2.20. The second kappa shape index (κ2) is 13.1. The third-order valence-corrected chi connectivity index (χ3v) is 4.40. The van der Waals surface area contributed by atoms with Crippen LogP contribution >= 0.6 is 0 Å². The molecule has 0 aliphatic carbocycles. The van der Waals surface area contributed by atoms with Gasteiger partial charge in [-0.15, -0.1) is 0 Å². The Morgan fingerprint density at radius 3 is 2.27 bits per heavy atom. The number of carbonyl (C=O) groups excluding carboxylic acids is 1. The van der Waals surface area contributed by atoms with Gasteiger partial charge in [-0.2, -0.15) is 0 Å². The third-order valence-electron chi connectivity index (χ3n) is 4.40. The minimum absolute atomic E-state index is 0.364. The monoisotopic (exact) mass is 405 g/mol. The molecule has 5 nitrogen and oxygen atoms in total. The van der Waals surface area contributed by atoms with Crippen molar-refractivity contribution in [1.82, 2.24) is 10.3 Å². The molecule has 0 aliphatic heterocycles. The van der Waals surface area contributed by atoms with Crippen LogP contribution in [0.5, 0.6) is 11.6 Å². The number of nitrogens with two attached hydrogens (primary N) is 1. The first-order chi connectivity index (χ1) is 14.6. The normalized spacial score (nSPS) is 10.1. The average molecular weight is 406 g/mol. The van der Waals surface area contributed by atoms with Crippen molar-refractivity contribution >= 4 is 5.91 Å². The number of benzene rings is 2. The number of carbonyl (C=O) groups is 1. The number of hydrogen-bond donors (Lipinski definition) is 2. The molecule has 0 radical (unpaired) electrons. The average Bonchev–Trinajstić information content (AvgIpc) is 2.76. The summed E-state index contributed by atoms with van der Waals surface area (Å²) < 4.78 is 5.65. The second-order valence-electron chi connectivity index (χ2n) is 7.00. The summed E-state index contributed by atoms with van der Waals surface area (Å²) in [5.74, 6) is 0.650. The zero-order valence-corrected chi connectivity index (χ0v) is 17.8. The molecule has 1 heterocycles. The molecule has 1 aromatic heterocycles. The van der Waals surface area contributed by atoms with Crippen molar-refractivity contribution in [1.29, 1.82) is 0 Å². The molecular weight excluding hydrogens is 374 g/mol. The number of nitrogens with zero attached hydrogens (tertiary/aromatic N) is 1. The number of amides is 1. The van der Waals surface area contributed by atoms with Crippen LogP contribution in [0.15, 0.2) is 72.9 Å². The standard InChI is InChI=1S/C18H23N3O2.C7H8/c1-2-3-11-20-12-10-14-4-7-16(8-5-14)23-17-9-6-15(13-21-17)18(19)22;1-7-5-3-2-4-6-7/h4-9,13,20H,2-3,10-12H2,1H3,(H2,19,22);2-6H,1H3. The molecular formula is C25H31N3O2. The molecule has 0 saturated heterocycles. The number of primary amides is 1. The summed E-state index contributed by atoms with van der Waals surface area (Å²) in [6.07, 6.45) is 4.84. The van der Waals surface area contributed by atoms with Crippen molar-refractivity contribution in [2.24, 2.45) is 5.73 Å². The van der Waals surface area contributed by atoms with E-state index in [1.165, 1.54) is 30.2 Å². The first-order valence-electron chi connectivity index (χ1n) is 10.3. The highest BCUT2D eigenvalue weighted by atomic mass is 16.5. The van der Waals surface area contributed by atoms with E-state index in [-0.39, 0.29) is 0 Å². The highest BCUT2D eigenvalue weighted by molar-refractivity contribution is 5.92. The molecule has 0 atom stereocenters. The maximum absolute atomic E-state index is 11.0. The van der Waals surface area contributed by atoms with E-state index in [0.29, 0.717) is 17.2 Å². The number of hydrogen-bond acceptors (Lipinski definition) is 4. The van der Waals surface area contributed by atoms with Gasteiger partial charge >= 0.3 is 0 Å². The Labute approximate surface area is 179 Å². The molecule has 0 saturated carbocycles. The van der Waals surface area contributed by atoms with Crippen LogP contribution in [0.25, 0.3) is 0 Å². The van der Waals surface area contributed by atoms with Gasteiger partial charge in [0.2, 0.25) is 11.8 Å². The van der Waals surface area contributed by atoms with E-state index in [1.54, 1.807) is 12.1 Å². The molecule has 0 aliphatic rings. The smallest absolute Gasteiger partial charge is 0.250 e. The minimum atomic E-state index is -0.499. The fraction of sp³-hybridized carbons (Fsp3) is 0.280. The maximum Gasteiger partial charge on any atom is 0.250 e. The summed E-state index contributed by atoms with van der Waals surface area (Å²) in [6.45, 7) is 6.33. The largest absolute Gasteiger partial charge is 0.439 e. The molecule has 3 rings (SSSR count). The van der Waals surface area contributed by atoms with Gasteiger partial charge in [0, 0.05) is 12.3 Å². The molecule has 0 spiro atoms. The van der Waals surface area contributed by atoms with Crippen molar-refractivity contribution in [3.05, 3.63) is 89.6 Å². The van der Waals surface area contributed by atoms with Crippen LogP contribution in [0.2, 0.25) is 0 Å². The highest BCUT2D eigenvalue weighted by Gasteiger charge is 2.03. The van der Waals surface area contributed by atoms with Crippen molar-refractivity contribution in [3.63, 3.8) is 0 Å². The molecule has 0 bridgehead atoms. The molecule has 0 unspecified atom stereocenters. The third kappa shape index (κ3) is 8.88. The molecule has 3 N–H and O–H groups in total. The van der Waals surface area contributed by atoms with Crippen LogP contribution in [0.3, 0.4) is 0 Å². The van der Waals surface area contributed by atoms with Gasteiger partial charge in [0.1, 0.15) is 5.75 Å². The van der Waals surface area contributed by atoms with Gasteiger partial charge in [0.15, 0.2) is 0 Å². The Morgan fingerprint density at radius 2 is 1.73 bits per heavy atom. The summed E-state index contributed by atoms with van der Waals surface area (Å²) in [6, 6.07) is 21.4. The van der Waals surface area contributed by atoms with Crippen LogP contribution < -0.4 is 15.8 Å². The lowest BCUT2D eigenvalue weighted by Gasteiger charge is -2.07. The van der Waals surface area contributed by atoms with Crippen molar-refractivity contribution < 1.29 is 9.53 Å². The van der Waals surface area contributed by atoms with Gasteiger partial charge in [-0.25, -0.2) is 4.98 Å². The fourth-order valence-corrected chi connectivity index (χ4v) is 2.63. The number of pyridine rings is 1. The van der Waals surface area contributed by atoms with E-state index in [0.717, 1.165) is 19.5 Å². The molecule has 2 aromatic carbocycles. The number of aryl methyl sites for hydroxylation is 1. The van der Waals surface area contributed by atoms with E-state index >= 15 is 0 Å². The molecule has 158 valence electrons. The molecule has 1 amide bonds. The summed E-state index contributed by atoms with van der Waals surface area (Å²) in [7, 11) is 0. The van der Waals surface area contributed by atoms with Crippen LogP contribution in [-0.4, -0.2) is 24.0 Å². The van der Waals surface area contributed by atoms with Gasteiger partial charge in [-0.05, 0) is 56.6 Å². The van der Waals surface area contributed by atoms with Crippen molar-refractivity contribution in [2.75, 3.05) is 13.1 Å². The van der Waals surface area contributed by atoms with E-state index in [4.69, 9.17) is 10.5 Å². The molecule has 0 fully saturated rings. The zero-order valence-electron chi connectivity index (χ0n) is 17.8. The number of ether oxygens (including phenoxy) is 1. The van der Waals surface area contributed by atoms with E-state index < -0.39 is 5.91 Å². The lowest BCUT2D eigenvalue weighted by Crippen LogP contribution is -2.18. The Hall–Kier alpha value is -3.18. The molecule has 5 heteroatoms. The molecule has 30 heavy (non-hydrogen) atoms. The number of aromatic nitrogens is 1. The Bertz CT molecular complexity index is 863. The van der Waals surface area contributed by atoms with Crippen LogP contribution in [0.1, 0.15) is 41.3 Å². The zero-order chi connectivity index (χ0) is 21.6. The van der Waals surface area contributed by atoms with Crippen LogP contribution in [0, 0.1) is 6.92 Å². The van der Waals surface area contributed by atoms with E-state index in [2.05, 4.69) is 48.4 Å². The first-order valence-corrected chi connectivity index (χ1v) is 10.3. The van der Waals surface area contributed by atoms with E-state index in [1.807, 2.05) is 30.3 Å². The predicted octanol–water partition coefficient (Wildman–Crippen LogP) is 4.90. The Balaban J connectivity index is 0.000000386. The summed E-state index contributed by atoms with van der Waals surface area (Å²) in [5.41, 5.74) is 8.12. The Morgan fingerprint density at radius 1 is 1.00 bits per heavy atom. The van der Waals surface area contributed by atoms with Gasteiger partial charge < -0.3 is 15.8 Å². The van der Waals surface area contributed by atoms with Crippen LogP contribution in [-0.2, 0) is 6.42 Å².